The van der Waals surface area contributed by atoms with Gasteiger partial charge < -0.3 is 0 Å². The number of rotatable bonds is 1. The summed E-state index contributed by atoms with van der Waals surface area (Å²) in [5, 5.41) is 17.0. The van der Waals surface area contributed by atoms with Crippen LogP contribution in [0.25, 0.3) is 0 Å². The molecule has 2 nitrogen and oxygen atoms in total. The molecule has 0 aromatic carbocycles. The third-order valence-corrected chi connectivity index (χ3v) is 2.22. The molecule has 0 unspecified atom stereocenters. The van der Waals surface area contributed by atoms with Crippen molar-refractivity contribution in [3.8, 4) is 12.1 Å². The van der Waals surface area contributed by atoms with Crippen LogP contribution in [0.15, 0.2) is 23.3 Å². The van der Waals surface area contributed by atoms with Gasteiger partial charge in [-0.3, -0.25) is 0 Å². The lowest BCUT2D eigenvalue weighted by molar-refractivity contribution is 0.599. The van der Waals surface area contributed by atoms with E-state index in [1.807, 2.05) is 18.2 Å². The van der Waals surface area contributed by atoms with Gasteiger partial charge in [0.15, 0.2) is 0 Å². The lowest BCUT2D eigenvalue weighted by atomic mass is 9.94. The third kappa shape index (κ3) is 3.13. The molecule has 66 valence electrons. The van der Waals surface area contributed by atoms with Gasteiger partial charge in [-0.1, -0.05) is 18.1 Å². The fourth-order valence-electron chi connectivity index (χ4n) is 1.47. The van der Waals surface area contributed by atoms with Gasteiger partial charge in [0, 0.05) is 0 Å². The normalized spacial score (nSPS) is 15.4. The van der Waals surface area contributed by atoms with Gasteiger partial charge in [-0.05, 0) is 31.8 Å². The van der Waals surface area contributed by atoms with Gasteiger partial charge in [-0.2, -0.15) is 10.5 Å². The van der Waals surface area contributed by atoms with E-state index in [9.17, 15) is 0 Å². The molecule has 0 atom stereocenters. The predicted molar refractivity (Wildman–Crippen MR) is 50.5 cm³/mol. The molecule has 0 amide bonds. The predicted octanol–water partition coefficient (Wildman–Crippen LogP) is 2.85. The van der Waals surface area contributed by atoms with Crippen molar-refractivity contribution in [2.24, 2.45) is 0 Å². The first-order chi connectivity index (χ1) is 6.36. The summed E-state index contributed by atoms with van der Waals surface area (Å²) in [6.45, 7) is 0. The molecule has 1 fully saturated rings. The average Bonchev–Trinajstić information content (AvgIpc) is 2.21. The number of nitriles is 2. The zero-order valence-electron chi connectivity index (χ0n) is 7.58. The zero-order valence-corrected chi connectivity index (χ0v) is 7.58. The number of nitrogens with zero attached hydrogens (tertiary/aromatic N) is 2. The van der Waals surface area contributed by atoms with Crippen LogP contribution in [0.1, 0.15) is 32.1 Å². The Labute approximate surface area is 78.8 Å². The van der Waals surface area contributed by atoms with Gasteiger partial charge >= 0.3 is 0 Å². The Morgan fingerprint density at radius 3 is 2.23 bits per heavy atom. The molecule has 0 aromatic heterocycles. The lowest BCUT2D eigenvalue weighted by Crippen LogP contribution is -1.92. The smallest absolute Gasteiger partial charge is 0.129 e. The average molecular weight is 172 g/mol. The van der Waals surface area contributed by atoms with Crippen molar-refractivity contribution in [1.82, 2.24) is 0 Å². The molecule has 0 spiro atoms. The van der Waals surface area contributed by atoms with Crippen LogP contribution < -0.4 is 0 Å². The molecule has 1 aliphatic carbocycles. The topological polar surface area (TPSA) is 47.6 Å². The Hall–Kier alpha value is -1.54. The SMILES string of the molecule is N#CC(C#N)=CC=C1CCCCC1. The summed E-state index contributed by atoms with van der Waals surface area (Å²) in [4.78, 5) is 0. The van der Waals surface area contributed by atoms with E-state index in [0.29, 0.717) is 0 Å². The van der Waals surface area contributed by atoms with E-state index >= 15 is 0 Å². The Bertz CT molecular complexity index is 286. The van der Waals surface area contributed by atoms with E-state index in [0.717, 1.165) is 12.8 Å². The first-order valence-electron chi connectivity index (χ1n) is 4.57. The Balaban J connectivity index is 2.61. The molecule has 0 aromatic rings. The molecular formula is C11H12N2. The number of allylic oxidation sites excluding steroid dienone is 4. The maximum atomic E-state index is 8.49. The maximum absolute atomic E-state index is 8.49. The van der Waals surface area contributed by atoms with E-state index < -0.39 is 0 Å². The molecule has 0 saturated heterocycles. The molecule has 13 heavy (non-hydrogen) atoms. The summed E-state index contributed by atoms with van der Waals surface area (Å²) in [5.74, 6) is 0. The van der Waals surface area contributed by atoms with Gasteiger partial charge in [0.2, 0.25) is 0 Å². The Morgan fingerprint density at radius 1 is 1.08 bits per heavy atom. The van der Waals surface area contributed by atoms with Gasteiger partial charge in [0.25, 0.3) is 0 Å². The van der Waals surface area contributed by atoms with Crippen molar-refractivity contribution < 1.29 is 0 Å². The van der Waals surface area contributed by atoms with Crippen molar-refractivity contribution in [1.29, 1.82) is 10.5 Å². The molecule has 0 aliphatic heterocycles. The fourth-order valence-corrected chi connectivity index (χ4v) is 1.47. The number of hydrogen-bond acceptors (Lipinski definition) is 2. The highest BCUT2D eigenvalue weighted by atomic mass is 14.3. The van der Waals surface area contributed by atoms with E-state index in [1.54, 1.807) is 6.08 Å². The van der Waals surface area contributed by atoms with Crippen LogP contribution in [0, 0.1) is 22.7 Å². The molecule has 0 heterocycles. The van der Waals surface area contributed by atoms with Crippen molar-refractivity contribution in [2.45, 2.75) is 32.1 Å². The van der Waals surface area contributed by atoms with E-state index in [-0.39, 0.29) is 5.57 Å². The summed E-state index contributed by atoms with van der Waals surface area (Å²) in [5.41, 5.74) is 1.56. The van der Waals surface area contributed by atoms with E-state index in [4.69, 9.17) is 10.5 Å². The van der Waals surface area contributed by atoms with Crippen LogP contribution >= 0.6 is 0 Å². The summed E-state index contributed by atoms with van der Waals surface area (Å²) in [7, 11) is 0. The number of hydrogen-bond donors (Lipinski definition) is 0. The second-order valence-corrected chi connectivity index (χ2v) is 3.19. The molecule has 0 radical (unpaired) electrons. The first kappa shape index (κ1) is 9.55. The van der Waals surface area contributed by atoms with Crippen molar-refractivity contribution in [3.63, 3.8) is 0 Å². The standard InChI is InChI=1S/C11H12N2/c12-8-11(9-13)7-6-10-4-2-1-3-5-10/h6-7H,1-5H2. The summed E-state index contributed by atoms with van der Waals surface area (Å²) < 4.78 is 0. The summed E-state index contributed by atoms with van der Waals surface area (Å²) in [6, 6.07) is 3.69. The molecule has 0 bridgehead atoms. The second-order valence-electron chi connectivity index (χ2n) is 3.19. The first-order valence-corrected chi connectivity index (χ1v) is 4.57. The van der Waals surface area contributed by atoms with Crippen LogP contribution in [-0.2, 0) is 0 Å². The minimum absolute atomic E-state index is 0.193. The highest BCUT2D eigenvalue weighted by Crippen LogP contribution is 2.22. The molecule has 1 aliphatic rings. The highest BCUT2D eigenvalue weighted by Gasteiger charge is 2.03. The quantitative estimate of drug-likeness (QED) is 0.571. The second kappa shape index (κ2) is 5.17. The van der Waals surface area contributed by atoms with Gasteiger partial charge in [0.05, 0.1) is 0 Å². The van der Waals surface area contributed by atoms with Crippen LogP contribution in [0.2, 0.25) is 0 Å². The minimum atomic E-state index is 0.193. The van der Waals surface area contributed by atoms with Crippen molar-refractivity contribution in [3.05, 3.63) is 23.3 Å². The highest BCUT2D eigenvalue weighted by molar-refractivity contribution is 5.38. The summed E-state index contributed by atoms with van der Waals surface area (Å²) in [6.07, 6.45) is 9.61. The fraction of sp³-hybridized carbons (Fsp3) is 0.455. The van der Waals surface area contributed by atoms with E-state index in [2.05, 4.69) is 0 Å². The van der Waals surface area contributed by atoms with Crippen molar-refractivity contribution in [2.75, 3.05) is 0 Å². The van der Waals surface area contributed by atoms with Crippen LogP contribution in [0.3, 0.4) is 0 Å². The maximum Gasteiger partial charge on any atom is 0.129 e. The summed E-state index contributed by atoms with van der Waals surface area (Å²) >= 11 is 0. The molecule has 1 rings (SSSR count). The van der Waals surface area contributed by atoms with Crippen LogP contribution in [-0.4, -0.2) is 0 Å². The molecule has 0 N–H and O–H groups in total. The largest absolute Gasteiger partial charge is 0.192 e. The van der Waals surface area contributed by atoms with Gasteiger partial charge in [0.1, 0.15) is 17.7 Å². The Morgan fingerprint density at radius 2 is 1.69 bits per heavy atom. The van der Waals surface area contributed by atoms with Gasteiger partial charge in [-0.25, -0.2) is 0 Å². The van der Waals surface area contributed by atoms with Crippen LogP contribution in [0.4, 0.5) is 0 Å². The van der Waals surface area contributed by atoms with Crippen LogP contribution in [0.5, 0.6) is 0 Å². The third-order valence-electron chi connectivity index (χ3n) is 2.22. The molecule has 1 saturated carbocycles. The van der Waals surface area contributed by atoms with Crippen molar-refractivity contribution >= 4 is 0 Å². The molecule has 2 heteroatoms. The Kier molecular flexibility index (Phi) is 3.79. The lowest BCUT2D eigenvalue weighted by Gasteiger charge is -2.12. The van der Waals surface area contributed by atoms with E-state index in [1.165, 1.54) is 24.8 Å². The molecular weight excluding hydrogens is 160 g/mol. The monoisotopic (exact) mass is 172 g/mol. The zero-order chi connectivity index (χ0) is 9.52. The minimum Gasteiger partial charge on any atom is -0.192 e. The van der Waals surface area contributed by atoms with Gasteiger partial charge in [-0.15, -0.1) is 0 Å².